The van der Waals surface area contributed by atoms with E-state index in [0.29, 0.717) is 13.3 Å². The van der Waals surface area contributed by atoms with Crippen LogP contribution in [0.1, 0.15) is 11.4 Å². The number of rotatable bonds is 7. The van der Waals surface area contributed by atoms with Gasteiger partial charge in [0.1, 0.15) is 12.4 Å². The van der Waals surface area contributed by atoms with Gasteiger partial charge < -0.3 is 9.47 Å². The Kier molecular flexibility index (Phi) is 6.03. The van der Waals surface area contributed by atoms with Crippen LogP contribution in [0.4, 0.5) is 0 Å². The number of ether oxygens (including phenoxy) is 2. The SMILES string of the molecule is COCc1nn(COCC[Si](C)(C)C)c(C)c1Br. The van der Waals surface area contributed by atoms with Crippen molar-refractivity contribution in [2.24, 2.45) is 0 Å². The van der Waals surface area contributed by atoms with Gasteiger partial charge in [-0.2, -0.15) is 5.10 Å². The van der Waals surface area contributed by atoms with Gasteiger partial charge in [-0.05, 0) is 28.9 Å². The Morgan fingerprint density at radius 2 is 2.00 bits per heavy atom. The van der Waals surface area contributed by atoms with Crippen molar-refractivity contribution in [3.63, 3.8) is 0 Å². The molecule has 1 heterocycles. The molecule has 0 amide bonds. The molecule has 0 N–H and O–H groups in total. The van der Waals surface area contributed by atoms with Gasteiger partial charge in [-0.15, -0.1) is 0 Å². The van der Waals surface area contributed by atoms with E-state index in [4.69, 9.17) is 9.47 Å². The van der Waals surface area contributed by atoms with E-state index in [-0.39, 0.29) is 0 Å². The zero-order valence-corrected chi connectivity index (χ0v) is 14.5. The van der Waals surface area contributed by atoms with E-state index in [9.17, 15) is 0 Å². The highest BCUT2D eigenvalue weighted by molar-refractivity contribution is 9.10. The summed E-state index contributed by atoms with van der Waals surface area (Å²) in [6.07, 6.45) is 0. The molecule has 1 aromatic heterocycles. The third-order valence-electron chi connectivity index (χ3n) is 2.69. The first-order chi connectivity index (χ1) is 8.35. The van der Waals surface area contributed by atoms with Gasteiger partial charge in [0, 0.05) is 21.8 Å². The molecular formula is C12H23BrN2O2Si. The van der Waals surface area contributed by atoms with Gasteiger partial charge in [0.2, 0.25) is 0 Å². The number of aromatic nitrogens is 2. The lowest BCUT2D eigenvalue weighted by Gasteiger charge is -2.15. The minimum Gasteiger partial charge on any atom is -0.378 e. The first-order valence-corrected chi connectivity index (χ1v) is 10.6. The fourth-order valence-electron chi connectivity index (χ4n) is 1.47. The first kappa shape index (κ1) is 15.9. The molecule has 18 heavy (non-hydrogen) atoms. The largest absolute Gasteiger partial charge is 0.378 e. The summed E-state index contributed by atoms with van der Waals surface area (Å²) in [6, 6.07) is 1.18. The summed E-state index contributed by atoms with van der Waals surface area (Å²) >= 11 is 3.53. The smallest absolute Gasteiger partial charge is 0.139 e. The highest BCUT2D eigenvalue weighted by Gasteiger charge is 2.14. The monoisotopic (exact) mass is 334 g/mol. The van der Waals surface area contributed by atoms with E-state index < -0.39 is 8.07 Å². The molecule has 0 aliphatic carbocycles. The van der Waals surface area contributed by atoms with E-state index in [1.54, 1.807) is 7.11 Å². The number of halogens is 1. The van der Waals surface area contributed by atoms with Crippen molar-refractivity contribution in [2.45, 2.75) is 45.9 Å². The normalized spacial score (nSPS) is 12.1. The average Bonchev–Trinajstić information content (AvgIpc) is 2.52. The predicted octanol–water partition coefficient (Wildman–Crippen LogP) is 3.41. The fraction of sp³-hybridized carbons (Fsp3) is 0.750. The van der Waals surface area contributed by atoms with Crippen molar-refractivity contribution < 1.29 is 9.47 Å². The lowest BCUT2D eigenvalue weighted by atomic mass is 10.4. The molecule has 0 spiro atoms. The molecule has 0 fully saturated rings. The molecule has 0 saturated carbocycles. The molecule has 0 atom stereocenters. The number of nitrogens with zero attached hydrogens (tertiary/aromatic N) is 2. The van der Waals surface area contributed by atoms with E-state index in [1.165, 1.54) is 6.04 Å². The Balaban J connectivity index is 2.50. The summed E-state index contributed by atoms with van der Waals surface area (Å²) in [7, 11) is 0.661. The van der Waals surface area contributed by atoms with Crippen LogP contribution in [-0.4, -0.2) is 31.6 Å². The number of hydrogen-bond acceptors (Lipinski definition) is 3. The summed E-state index contributed by atoms with van der Waals surface area (Å²) in [4.78, 5) is 0. The minimum absolute atomic E-state index is 0.513. The van der Waals surface area contributed by atoms with Gasteiger partial charge in [-0.25, -0.2) is 4.68 Å². The van der Waals surface area contributed by atoms with Crippen LogP contribution in [0.25, 0.3) is 0 Å². The second-order valence-electron chi connectivity index (χ2n) is 5.63. The molecule has 1 aromatic rings. The molecule has 0 saturated heterocycles. The zero-order chi connectivity index (χ0) is 13.8. The topological polar surface area (TPSA) is 36.3 Å². The van der Waals surface area contributed by atoms with Gasteiger partial charge in [0.15, 0.2) is 0 Å². The molecule has 0 radical (unpaired) electrons. The Hall–Kier alpha value is -0.173. The first-order valence-electron chi connectivity index (χ1n) is 6.13. The van der Waals surface area contributed by atoms with Crippen molar-refractivity contribution in [1.29, 1.82) is 0 Å². The number of methoxy groups -OCH3 is 1. The summed E-state index contributed by atoms with van der Waals surface area (Å²) in [5.41, 5.74) is 2.00. The van der Waals surface area contributed by atoms with E-state index in [2.05, 4.69) is 40.7 Å². The molecule has 1 rings (SSSR count). The molecular weight excluding hydrogens is 312 g/mol. The van der Waals surface area contributed by atoms with Crippen molar-refractivity contribution >= 4 is 24.0 Å². The summed E-state index contributed by atoms with van der Waals surface area (Å²) in [5, 5.41) is 4.46. The Labute approximate surface area is 119 Å². The predicted molar refractivity (Wildman–Crippen MR) is 79.5 cm³/mol. The standard InChI is InChI=1S/C12H23BrN2O2Si/c1-10-12(13)11(8-16-2)14-15(10)9-17-6-7-18(3,4)5/h6-9H2,1-5H3. The quantitative estimate of drug-likeness (QED) is 0.566. The summed E-state index contributed by atoms with van der Waals surface area (Å²) in [6.45, 7) is 10.9. The van der Waals surface area contributed by atoms with Crippen LogP contribution in [0.5, 0.6) is 0 Å². The van der Waals surface area contributed by atoms with Gasteiger partial charge in [0.25, 0.3) is 0 Å². The van der Waals surface area contributed by atoms with Crippen LogP contribution in [-0.2, 0) is 22.8 Å². The lowest BCUT2D eigenvalue weighted by Crippen LogP contribution is -2.22. The molecule has 0 bridgehead atoms. The van der Waals surface area contributed by atoms with Gasteiger partial charge in [0.05, 0.1) is 16.8 Å². The second kappa shape index (κ2) is 6.84. The van der Waals surface area contributed by atoms with Crippen molar-refractivity contribution in [3.8, 4) is 0 Å². The Bertz CT molecular complexity index is 388. The van der Waals surface area contributed by atoms with Crippen LogP contribution >= 0.6 is 15.9 Å². The molecule has 6 heteroatoms. The summed E-state index contributed by atoms with van der Waals surface area (Å²) < 4.78 is 13.7. The third kappa shape index (κ3) is 4.83. The molecule has 0 unspecified atom stereocenters. The maximum atomic E-state index is 5.70. The van der Waals surface area contributed by atoms with E-state index in [0.717, 1.165) is 22.5 Å². The maximum Gasteiger partial charge on any atom is 0.139 e. The lowest BCUT2D eigenvalue weighted by molar-refractivity contribution is 0.0760. The van der Waals surface area contributed by atoms with E-state index >= 15 is 0 Å². The van der Waals surface area contributed by atoms with Gasteiger partial charge >= 0.3 is 0 Å². The van der Waals surface area contributed by atoms with Gasteiger partial charge in [-0.1, -0.05) is 19.6 Å². The van der Waals surface area contributed by atoms with E-state index in [1.807, 2.05) is 11.6 Å². The highest BCUT2D eigenvalue weighted by atomic mass is 79.9. The second-order valence-corrected chi connectivity index (χ2v) is 12.0. The van der Waals surface area contributed by atoms with Crippen LogP contribution < -0.4 is 0 Å². The molecule has 104 valence electrons. The van der Waals surface area contributed by atoms with Crippen molar-refractivity contribution in [1.82, 2.24) is 9.78 Å². The van der Waals surface area contributed by atoms with Crippen LogP contribution in [0, 0.1) is 6.92 Å². The number of hydrogen-bond donors (Lipinski definition) is 0. The molecule has 0 aliphatic heterocycles. The fourth-order valence-corrected chi connectivity index (χ4v) is 2.63. The van der Waals surface area contributed by atoms with Crippen molar-refractivity contribution in [2.75, 3.05) is 13.7 Å². The van der Waals surface area contributed by atoms with Crippen molar-refractivity contribution in [3.05, 3.63) is 15.9 Å². The molecule has 0 aromatic carbocycles. The van der Waals surface area contributed by atoms with Crippen LogP contribution in [0.3, 0.4) is 0 Å². The Morgan fingerprint density at radius 1 is 1.33 bits per heavy atom. The van der Waals surface area contributed by atoms with Gasteiger partial charge in [-0.3, -0.25) is 0 Å². The third-order valence-corrected chi connectivity index (χ3v) is 5.43. The average molecular weight is 335 g/mol. The zero-order valence-electron chi connectivity index (χ0n) is 11.9. The van der Waals surface area contributed by atoms with Crippen LogP contribution in [0.2, 0.25) is 25.7 Å². The molecule has 0 aliphatic rings. The Morgan fingerprint density at radius 3 is 2.56 bits per heavy atom. The maximum absolute atomic E-state index is 5.70. The van der Waals surface area contributed by atoms with Crippen LogP contribution in [0.15, 0.2) is 4.47 Å². The summed E-state index contributed by atoms with van der Waals surface area (Å²) in [5.74, 6) is 0. The highest BCUT2D eigenvalue weighted by Crippen LogP contribution is 2.21. The molecule has 4 nitrogen and oxygen atoms in total. The minimum atomic E-state index is -1.01.